The molecule has 5 nitrogen and oxygen atoms in total. The first kappa shape index (κ1) is 36.0. The zero-order valence-corrected chi connectivity index (χ0v) is 33.6. The van der Waals surface area contributed by atoms with Crippen LogP contribution < -0.4 is 9.80 Å². The van der Waals surface area contributed by atoms with Gasteiger partial charge in [0.2, 0.25) is 5.89 Å². The van der Waals surface area contributed by atoms with Crippen LogP contribution >= 0.6 is 0 Å². The van der Waals surface area contributed by atoms with Crippen LogP contribution in [-0.2, 0) is 0 Å². The van der Waals surface area contributed by atoms with Crippen LogP contribution in [0.2, 0.25) is 0 Å². The summed E-state index contributed by atoms with van der Waals surface area (Å²) in [4.78, 5) is 9.44. The number of oxazole rings is 1. The lowest BCUT2D eigenvalue weighted by molar-refractivity contribution is 0.620. The Labute approximate surface area is 354 Å². The number of nitrogens with zero attached hydrogens (tertiary/aromatic N) is 4. The Hall–Kier alpha value is -8.15. The van der Waals surface area contributed by atoms with Crippen molar-refractivity contribution in [2.75, 3.05) is 9.80 Å². The fraction of sp³-hybridized carbons (Fsp3) is 0.0179. The van der Waals surface area contributed by atoms with Crippen LogP contribution in [0.3, 0.4) is 0 Å². The Morgan fingerprint density at radius 2 is 0.902 bits per heavy atom. The van der Waals surface area contributed by atoms with Gasteiger partial charge in [0.25, 0.3) is 0 Å². The van der Waals surface area contributed by atoms with E-state index in [2.05, 4.69) is 221 Å². The molecule has 0 saturated carbocycles. The van der Waals surface area contributed by atoms with E-state index in [4.69, 9.17) is 9.40 Å². The van der Waals surface area contributed by atoms with E-state index in [0.717, 1.165) is 78.6 Å². The van der Waals surface area contributed by atoms with Gasteiger partial charge in [-0.05, 0) is 145 Å². The average Bonchev–Trinajstić information content (AvgIpc) is 3.90. The molecule has 0 atom stereocenters. The minimum absolute atomic E-state index is 0.623. The molecule has 0 amide bonds. The predicted octanol–water partition coefficient (Wildman–Crippen LogP) is 15.5. The Morgan fingerprint density at radius 1 is 0.410 bits per heavy atom. The average molecular weight is 785 g/mol. The smallest absolute Gasteiger partial charge is 0.227 e. The first-order valence-corrected chi connectivity index (χ1v) is 20.6. The number of fused-ring (bicyclic) bond motifs is 4. The topological polar surface area (TPSA) is 37.4 Å². The van der Waals surface area contributed by atoms with Crippen molar-refractivity contribution in [2.45, 2.75) is 6.92 Å². The normalized spacial score (nSPS) is 11.4. The van der Waals surface area contributed by atoms with Crippen molar-refractivity contribution in [1.82, 2.24) is 9.55 Å². The van der Waals surface area contributed by atoms with Gasteiger partial charge in [-0.2, -0.15) is 0 Å². The fourth-order valence-corrected chi connectivity index (χ4v) is 8.68. The summed E-state index contributed by atoms with van der Waals surface area (Å²) in [6.07, 6.45) is 0. The number of para-hydroxylation sites is 6. The number of aryl methyl sites for hydroxylation is 1. The molecule has 0 aliphatic rings. The van der Waals surface area contributed by atoms with E-state index in [9.17, 15) is 0 Å². The monoisotopic (exact) mass is 784 g/mol. The van der Waals surface area contributed by atoms with Crippen LogP contribution in [0.1, 0.15) is 5.56 Å². The molecule has 2 heterocycles. The molecule has 11 aromatic rings. The van der Waals surface area contributed by atoms with Crippen LogP contribution in [-0.4, -0.2) is 9.55 Å². The number of aromatic nitrogens is 2. The van der Waals surface area contributed by atoms with Crippen molar-refractivity contribution in [3.05, 3.63) is 230 Å². The van der Waals surface area contributed by atoms with Crippen molar-refractivity contribution in [3.63, 3.8) is 0 Å². The minimum atomic E-state index is 0.623. The summed E-state index contributed by atoms with van der Waals surface area (Å²) in [5, 5.41) is 2.33. The molecule has 0 aliphatic heterocycles. The third-order valence-corrected chi connectivity index (χ3v) is 11.5. The van der Waals surface area contributed by atoms with Gasteiger partial charge >= 0.3 is 0 Å². The van der Waals surface area contributed by atoms with Crippen molar-refractivity contribution >= 4 is 67.0 Å². The molecule has 0 spiro atoms. The molecule has 0 unspecified atom stereocenters. The lowest BCUT2D eigenvalue weighted by atomic mass is 9.98. The van der Waals surface area contributed by atoms with Crippen molar-refractivity contribution < 1.29 is 4.42 Å². The van der Waals surface area contributed by atoms with Gasteiger partial charge in [0.15, 0.2) is 5.58 Å². The summed E-state index contributed by atoms with van der Waals surface area (Å²) >= 11 is 0. The molecule has 2 aromatic heterocycles. The summed E-state index contributed by atoms with van der Waals surface area (Å²) in [6.45, 7) is 2.20. The zero-order valence-electron chi connectivity index (χ0n) is 33.6. The van der Waals surface area contributed by atoms with Crippen LogP contribution in [0.5, 0.6) is 0 Å². The Bertz CT molecular complexity index is 3070. The quantitative estimate of drug-likeness (QED) is 0.146. The SMILES string of the molecule is Cc1cc(-n2c3ccc(N(c4ccccc4)c4ccccc4)cc3c3cc(N(c4ccccc4)c4ccccc4)ccc32)ccc1-c1cccc(-c2nc3ccccc3o2)c1. The van der Waals surface area contributed by atoms with Crippen LogP contribution in [0.4, 0.5) is 34.1 Å². The van der Waals surface area contributed by atoms with Crippen molar-refractivity contribution in [1.29, 1.82) is 0 Å². The van der Waals surface area contributed by atoms with Gasteiger partial charge in [-0.3, -0.25) is 0 Å². The summed E-state index contributed by atoms with van der Waals surface area (Å²) in [7, 11) is 0. The highest BCUT2D eigenvalue weighted by molar-refractivity contribution is 6.12. The fourth-order valence-electron chi connectivity index (χ4n) is 8.68. The van der Waals surface area contributed by atoms with E-state index in [1.807, 2.05) is 24.3 Å². The first-order valence-electron chi connectivity index (χ1n) is 20.6. The van der Waals surface area contributed by atoms with Crippen molar-refractivity contribution in [3.8, 4) is 28.3 Å². The molecule has 0 aliphatic carbocycles. The summed E-state index contributed by atoms with van der Waals surface area (Å²) in [5.41, 5.74) is 16.0. The molecule has 0 fully saturated rings. The van der Waals surface area contributed by atoms with E-state index < -0.39 is 0 Å². The highest BCUT2D eigenvalue weighted by atomic mass is 16.3. The van der Waals surface area contributed by atoms with Crippen LogP contribution in [0, 0.1) is 6.92 Å². The lowest BCUT2D eigenvalue weighted by Gasteiger charge is -2.26. The number of hydrogen-bond acceptors (Lipinski definition) is 4. The molecule has 9 aromatic carbocycles. The molecular weight excluding hydrogens is 745 g/mol. The first-order chi connectivity index (χ1) is 30.2. The third kappa shape index (κ3) is 6.59. The van der Waals surface area contributed by atoms with Gasteiger partial charge in [-0.15, -0.1) is 0 Å². The molecule has 61 heavy (non-hydrogen) atoms. The van der Waals surface area contributed by atoms with Gasteiger partial charge in [-0.25, -0.2) is 4.98 Å². The zero-order chi connectivity index (χ0) is 40.7. The standard InChI is InChI=1S/C56H40N4O/c1-39-35-46(29-32-49(39)40-17-16-18-41(36-40)56-57-52-27-14-15-28-55(52)61-56)60-53-33-30-47(58(42-19-6-2-7-20-42)43-21-8-3-9-22-43)37-50(53)51-38-48(31-34-54(51)60)59(44-23-10-4-11-24-44)45-25-12-5-13-26-45/h2-38H,1H3. The second-order valence-corrected chi connectivity index (χ2v) is 15.3. The number of benzene rings is 9. The van der Waals surface area contributed by atoms with Gasteiger partial charge < -0.3 is 18.8 Å². The van der Waals surface area contributed by atoms with Crippen molar-refractivity contribution in [2.24, 2.45) is 0 Å². The molecule has 290 valence electrons. The molecule has 11 rings (SSSR count). The highest BCUT2D eigenvalue weighted by Gasteiger charge is 2.20. The molecule has 0 bridgehead atoms. The Balaban J connectivity index is 1.08. The van der Waals surface area contributed by atoms with Gasteiger partial charge in [0.05, 0.1) is 11.0 Å². The molecule has 0 N–H and O–H groups in total. The van der Waals surface area contributed by atoms with E-state index in [1.54, 1.807) is 0 Å². The second kappa shape index (κ2) is 15.2. The second-order valence-electron chi connectivity index (χ2n) is 15.3. The van der Waals surface area contributed by atoms with E-state index in [0.29, 0.717) is 5.89 Å². The predicted molar refractivity (Wildman–Crippen MR) is 253 cm³/mol. The van der Waals surface area contributed by atoms with E-state index in [-0.39, 0.29) is 0 Å². The van der Waals surface area contributed by atoms with E-state index >= 15 is 0 Å². The van der Waals surface area contributed by atoms with Gasteiger partial charge in [0.1, 0.15) is 5.52 Å². The minimum Gasteiger partial charge on any atom is -0.436 e. The maximum absolute atomic E-state index is 6.15. The lowest BCUT2D eigenvalue weighted by Crippen LogP contribution is -2.09. The highest BCUT2D eigenvalue weighted by Crippen LogP contribution is 2.43. The summed E-state index contributed by atoms with van der Waals surface area (Å²) in [6, 6.07) is 79.4. The maximum Gasteiger partial charge on any atom is 0.227 e. The molecule has 0 radical (unpaired) electrons. The summed E-state index contributed by atoms with van der Waals surface area (Å²) < 4.78 is 8.56. The van der Waals surface area contributed by atoms with Crippen LogP contribution in [0.25, 0.3) is 61.2 Å². The Kier molecular flexibility index (Phi) is 8.98. The molecule has 5 heteroatoms. The van der Waals surface area contributed by atoms with Gasteiger partial charge in [0, 0.05) is 56.1 Å². The number of hydrogen-bond donors (Lipinski definition) is 0. The number of rotatable bonds is 9. The largest absolute Gasteiger partial charge is 0.436 e. The van der Waals surface area contributed by atoms with Crippen LogP contribution in [0.15, 0.2) is 229 Å². The van der Waals surface area contributed by atoms with Gasteiger partial charge in [-0.1, -0.05) is 103 Å². The maximum atomic E-state index is 6.15. The Morgan fingerprint density at radius 3 is 1.41 bits per heavy atom. The molecular formula is C56H40N4O. The summed E-state index contributed by atoms with van der Waals surface area (Å²) in [5.74, 6) is 0.623. The molecule has 0 saturated heterocycles. The van der Waals surface area contributed by atoms with E-state index in [1.165, 1.54) is 16.3 Å². The number of anilines is 6. The third-order valence-electron chi connectivity index (χ3n) is 11.5.